The number of nitrogens with zero attached hydrogens (tertiary/aromatic N) is 3. The molecule has 5 rings (SSSR count). The first-order chi connectivity index (χ1) is 18.8. The number of benzene rings is 2. The van der Waals surface area contributed by atoms with Crippen LogP contribution in [0.3, 0.4) is 0 Å². The molecule has 8 nitrogen and oxygen atoms in total. The lowest BCUT2D eigenvalue weighted by atomic mass is 10.2. The van der Waals surface area contributed by atoms with E-state index in [1.165, 1.54) is 36.8 Å². The molecule has 196 valence electrons. The van der Waals surface area contributed by atoms with Gasteiger partial charge in [0.1, 0.15) is 30.3 Å². The van der Waals surface area contributed by atoms with Crippen LogP contribution in [0, 0.1) is 17.7 Å². The highest BCUT2D eigenvalue weighted by atomic mass is 35.5. The number of hydrogen-bond donors (Lipinski definition) is 2. The van der Waals surface area contributed by atoms with Crippen LogP contribution in [-0.2, 0) is 13.2 Å². The molecule has 0 saturated carbocycles. The summed E-state index contributed by atoms with van der Waals surface area (Å²) in [5.41, 5.74) is 2.13. The largest absolute Gasteiger partial charge is 0.487 e. The van der Waals surface area contributed by atoms with Gasteiger partial charge in [-0.25, -0.2) is 19.2 Å². The molecule has 11 heteroatoms. The molecule has 5 aromatic rings. The lowest BCUT2D eigenvalue weighted by Gasteiger charge is -2.11. The Balaban J connectivity index is 1.28. The normalized spacial score (nSPS) is 10.6. The summed E-state index contributed by atoms with van der Waals surface area (Å²) in [5.74, 6) is 7.71. The fraction of sp³-hybridized carbons (Fsp3) is 0.107. The number of carboxylic acid groups (broad SMARTS) is 1. The van der Waals surface area contributed by atoms with E-state index in [1.54, 1.807) is 36.4 Å². The topological polar surface area (TPSA) is 101 Å². The molecule has 2 N–H and O–H groups in total. The van der Waals surface area contributed by atoms with Crippen molar-refractivity contribution in [1.82, 2.24) is 14.9 Å². The Labute approximate surface area is 231 Å². The molecule has 39 heavy (non-hydrogen) atoms. The van der Waals surface area contributed by atoms with Crippen LogP contribution in [0.2, 0.25) is 5.02 Å². The number of thiophene rings is 1. The Morgan fingerprint density at radius 3 is 2.85 bits per heavy atom. The molecule has 0 aliphatic heterocycles. The van der Waals surface area contributed by atoms with E-state index in [4.69, 9.17) is 25.9 Å². The second-order valence-corrected chi connectivity index (χ2v) is 9.85. The van der Waals surface area contributed by atoms with E-state index in [1.807, 2.05) is 12.1 Å². The van der Waals surface area contributed by atoms with Crippen molar-refractivity contribution in [1.29, 1.82) is 0 Å². The summed E-state index contributed by atoms with van der Waals surface area (Å²) in [6.07, 6.45) is 0.423. The zero-order valence-corrected chi connectivity index (χ0v) is 22.0. The number of nitrogens with one attached hydrogen (secondary N) is 1. The first kappa shape index (κ1) is 26.0. The number of hydrogen-bond acceptors (Lipinski definition) is 7. The molecule has 3 aromatic heterocycles. The van der Waals surface area contributed by atoms with Gasteiger partial charge in [0.15, 0.2) is 11.6 Å². The highest BCUT2D eigenvalue weighted by Gasteiger charge is 2.11. The molecule has 0 radical (unpaired) electrons. The summed E-state index contributed by atoms with van der Waals surface area (Å²) in [6, 6.07) is 16.7. The number of aromatic nitrogens is 2. The fourth-order valence-corrected chi connectivity index (χ4v) is 4.72. The van der Waals surface area contributed by atoms with Gasteiger partial charge in [0.2, 0.25) is 0 Å². The molecule has 3 heterocycles. The molecular weight excluding hydrogens is 543 g/mol. The van der Waals surface area contributed by atoms with Gasteiger partial charge >= 0.3 is 6.09 Å². The standard InChI is InChI=1S/C28H20ClFN4O4S/c1-34(28(35)36)14-21-7-6-20(38-21)8-9-22-13-24-26(39-22)27(32-16-31-24)33-19-5-10-25(23(29)12-19)37-15-17-3-2-4-18(30)11-17/h2-7,10-13,16H,14-15H2,1H3,(H,35,36)(H,31,32,33). The summed E-state index contributed by atoms with van der Waals surface area (Å²) in [5, 5.41) is 12.7. The third kappa shape index (κ3) is 6.46. The molecule has 2 aromatic carbocycles. The van der Waals surface area contributed by atoms with Crippen molar-refractivity contribution in [3.05, 3.63) is 99.8 Å². The number of amides is 1. The van der Waals surface area contributed by atoms with Gasteiger partial charge in [-0.2, -0.15) is 0 Å². The SMILES string of the molecule is CN(Cc1ccc(C#Cc2cc3ncnc(Nc4ccc(OCc5cccc(F)c5)c(Cl)c4)c3s2)o1)C(=O)O. The Hall–Kier alpha value is -4.59. The zero-order chi connectivity index (χ0) is 27.4. The van der Waals surface area contributed by atoms with Crippen molar-refractivity contribution < 1.29 is 23.4 Å². The maximum absolute atomic E-state index is 13.4. The molecule has 0 atom stereocenters. The first-order valence-corrected chi connectivity index (χ1v) is 12.8. The highest BCUT2D eigenvalue weighted by Crippen LogP contribution is 2.33. The highest BCUT2D eigenvalue weighted by molar-refractivity contribution is 7.20. The number of halogens is 2. The molecule has 0 aliphatic carbocycles. The Morgan fingerprint density at radius 2 is 2.05 bits per heavy atom. The zero-order valence-electron chi connectivity index (χ0n) is 20.4. The molecule has 0 spiro atoms. The minimum atomic E-state index is -1.04. The van der Waals surface area contributed by atoms with E-state index < -0.39 is 6.09 Å². The van der Waals surface area contributed by atoms with Crippen molar-refractivity contribution in [2.24, 2.45) is 0 Å². The lowest BCUT2D eigenvalue weighted by Crippen LogP contribution is -2.23. The average Bonchev–Trinajstić information content (AvgIpc) is 3.54. The summed E-state index contributed by atoms with van der Waals surface area (Å²) in [4.78, 5) is 21.6. The van der Waals surface area contributed by atoms with Gasteiger partial charge in [0.05, 0.1) is 26.7 Å². The van der Waals surface area contributed by atoms with E-state index in [-0.39, 0.29) is 19.0 Å². The number of furan rings is 1. The van der Waals surface area contributed by atoms with Crippen molar-refractivity contribution in [2.45, 2.75) is 13.2 Å². The predicted molar refractivity (Wildman–Crippen MR) is 147 cm³/mol. The second-order valence-electron chi connectivity index (χ2n) is 8.39. The van der Waals surface area contributed by atoms with Crippen LogP contribution in [0.15, 0.2) is 71.4 Å². The number of anilines is 2. The van der Waals surface area contributed by atoms with Crippen LogP contribution in [0.25, 0.3) is 10.2 Å². The number of carbonyl (C=O) groups is 1. The molecule has 1 amide bonds. The summed E-state index contributed by atoms with van der Waals surface area (Å²) < 4.78 is 25.6. The van der Waals surface area contributed by atoms with Crippen LogP contribution in [0.4, 0.5) is 20.7 Å². The number of fused-ring (bicyclic) bond motifs is 1. The van der Waals surface area contributed by atoms with Gasteiger partial charge in [-0.15, -0.1) is 11.3 Å². The minimum absolute atomic E-state index is 0.134. The van der Waals surface area contributed by atoms with Gasteiger partial charge in [-0.3, -0.25) is 0 Å². The molecule has 0 unspecified atom stereocenters. The van der Waals surface area contributed by atoms with E-state index in [0.29, 0.717) is 39.4 Å². The lowest BCUT2D eigenvalue weighted by molar-refractivity contribution is 0.150. The van der Waals surface area contributed by atoms with E-state index >= 15 is 0 Å². The first-order valence-electron chi connectivity index (χ1n) is 11.6. The van der Waals surface area contributed by atoms with Gasteiger partial charge < -0.3 is 24.5 Å². The monoisotopic (exact) mass is 562 g/mol. The minimum Gasteiger partial charge on any atom is -0.487 e. The van der Waals surface area contributed by atoms with Crippen LogP contribution in [-0.4, -0.2) is 33.1 Å². The third-order valence-electron chi connectivity index (χ3n) is 5.48. The maximum atomic E-state index is 13.4. The third-order valence-corrected chi connectivity index (χ3v) is 6.82. The van der Waals surface area contributed by atoms with E-state index in [0.717, 1.165) is 20.0 Å². The summed E-state index contributed by atoms with van der Waals surface area (Å²) in [6.45, 7) is 0.323. The Kier molecular flexibility index (Phi) is 7.63. The van der Waals surface area contributed by atoms with Gasteiger partial charge in [0, 0.05) is 12.7 Å². The van der Waals surface area contributed by atoms with Crippen molar-refractivity contribution in [3.8, 4) is 17.6 Å². The maximum Gasteiger partial charge on any atom is 0.407 e. The van der Waals surface area contributed by atoms with Crippen LogP contribution in [0.1, 0.15) is 22.0 Å². The molecule has 0 aliphatic rings. The van der Waals surface area contributed by atoms with Crippen LogP contribution >= 0.6 is 22.9 Å². The molecule has 0 saturated heterocycles. The van der Waals surface area contributed by atoms with E-state index in [2.05, 4.69) is 27.1 Å². The van der Waals surface area contributed by atoms with Gasteiger partial charge in [0.25, 0.3) is 0 Å². The Morgan fingerprint density at radius 1 is 1.18 bits per heavy atom. The number of rotatable bonds is 7. The van der Waals surface area contributed by atoms with Crippen LogP contribution in [0.5, 0.6) is 5.75 Å². The average molecular weight is 563 g/mol. The van der Waals surface area contributed by atoms with Crippen molar-refractivity contribution in [2.75, 3.05) is 12.4 Å². The summed E-state index contributed by atoms with van der Waals surface area (Å²) >= 11 is 7.85. The van der Waals surface area contributed by atoms with Gasteiger partial charge in [-0.1, -0.05) is 23.7 Å². The van der Waals surface area contributed by atoms with Crippen molar-refractivity contribution in [3.63, 3.8) is 0 Å². The van der Waals surface area contributed by atoms with Crippen molar-refractivity contribution >= 4 is 50.8 Å². The molecular formula is C28H20ClFN4O4S. The Bertz CT molecular complexity index is 1730. The molecule has 0 fully saturated rings. The van der Waals surface area contributed by atoms with Gasteiger partial charge in [-0.05, 0) is 65.9 Å². The quantitative estimate of drug-likeness (QED) is 0.208. The fourth-order valence-electron chi connectivity index (χ4n) is 3.58. The summed E-state index contributed by atoms with van der Waals surface area (Å²) in [7, 11) is 1.46. The van der Waals surface area contributed by atoms with E-state index in [9.17, 15) is 9.18 Å². The predicted octanol–water partition coefficient (Wildman–Crippen LogP) is 6.91. The second kappa shape index (κ2) is 11.4. The van der Waals surface area contributed by atoms with Crippen LogP contribution < -0.4 is 10.1 Å². The smallest absolute Gasteiger partial charge is 0.407 e. The molecule has 0 bridgehead atoms. The number of ether oxygens (including phenoxy) is 1.